The zero-order chi connectivity index (χ0) is 101. The highest BCUT2D eigenvalue weighted by Crippen LogP contribution is 2.19. The van der Waals surface area contributed by atoms with Crippen LogP contribution < -0.4 is 0 Å². The molecule has 0 N–H and O–H groups in total. The van der Waals surface area contributed by atoms with Crippen LogP contribution in [0.3, 0.4) is 0 Å². The van der Waals surface area contributed by atoms with Crippen LogP contribution in [0.1, 0.15) is 134 Å². The van der Waals surface area contributed by atoms with E-state index in [9.17, 15) is 0 Å². The lowest BCUT2D eigenvalue weighted by molar-refractivity contribution is 1.56. The van der Waals surface area contributed by atoms with Crippen molar-refractivity contribution in [2.24, 2.45) is 0 Å². The first kappa shape index (κ1) is 96.4. The van der Waals surface area contributed by atoms with Crippen LogP contribution in [-0.2, 0) is 0 Å². The van der Waals surface area contributed by atoms with Crippen LogP contribution in [0.4, 0.5) is 0 Å². The number of hydrogen-bond acceptors (Lipinski definition) is 0. The Morgan fingerprint density at radius 3 is 0.257 bits per heavy atom. The molecule has 0 nitrogen and oxygen atoms in total. The minimum Gasteiger partial charge on any atom is -0.115 e. The molecule has 0 saturated heterocycles. The van der Waals surface area contributed by atoms with Crippen molar-refractivity contribution in [3.05, 3.63) is 498 Å². The number of benzene rings is 12. The molecule has 13 aromatic rings. The van der Waals surface area contributed by atoms with E-state index in [2.05, 4.69) is 359 Å². The minimum atomic E-state index is 0.512. The Hall–Kier alpha value is -25.2. The summed E-state index contributed by atoms with van der Waals surface area (Å²) in [5, 5.41) is 6.14. The van der Waals surface area contributed by atoms with Gasteiger partial charge in [0, 0.05) is 198 Å². The molecule has 0 aliphatic heterocycles. The molecule has 0 heterocycles. The Balaban J connectivity index is 1.01. The Morgan fingerprint density at radius 1 is 0.0972 bits per heavy atom. The summed E-state index contributed by atoms with van der Waals surface area (Å²) < 4.78 is 0. The van der Waals surface area contributed by atoms with E-state index in [-0.39, 0.29) is 0 Å². The van der Waals surface area contributed by atoms with Gasteiger partial charge in [-0.3, -0.25) is 0 Å². The van der Waals surface area contributed by atoms with E-state index in [1.165, 1.54) is 0 Å². The first-order valence-corrected chi connectivity index (χ1v) is 42.2. The molecule has 0 heteroatoms. The molecule has 0 unspecified atom stereocenters. The van der Waals surface area contributed by atoms with Crippen LogP contribution in [0.15, 0.2) is 218 Å². The van der Waals surface area contributed by atoms with E-state index in [0.29, 0.717) is 198 Å². The minimum absolute atomic E-state index is 0.512. The fraction of sp³-hybridized carbons (Fsp3) is 0. The zero-order valence-corrected chi connectivity index (χ0v) is 75.7. The fourth-order valence-corrected chi connectivity index (χ4v) is 12.7. The maximum absolute atomic E-state index is 5.75. The molecule has 0 aliphatic rings. The molecule has 0 aliphatic carbocycles. The van der Waals surface area contributed by atoms with Gasteiger partial charge in [0.15, 0.2) is 0 Å². The monoisotopic (exact) mass is 1780 g/mol. The van der Waals surface area contributed by atoms with Crippen molar-refractivity contribution >= 4 is 64.6 Å². The molecule has 624 valence electrons. The van der Waals surface area contributed by atoms with Crippen LogP contribution in [0.2, 0.25) is 0 Å². The third-order valence-electron chi connectivity index (χ3n) is 18.9. The van der Waals surface area contributed by atoms with E-state index >= 15 is 0 Å². The molecule has 0 fully saturated rings. The van der Waals surface area contributed by atoms with Crippen molar-refractivity contribution in [3.8, 4) is 290 Å². The van der Waals surface area contributed by atoms with Crippen molar-refractivity contribution in [2.45, 2.75) is 0 Å². The van der Waals surface area contributed by atoms with E-state index < -0.39 is 0 Å². The molecule has 0 radical (unpaired) electrons. The fourth-order valence-electron chi connectivity index (χ4n) is 12.7. The topological polar surface area (TPSA) is 0 Å². The van der Waals surface area contributed by atoms with Gasteiger partial charge in [-0.05, 0) is 362 Å². The summed E-state index contributed by atoms with van der Waals surface area (Å²) in [5.74, 6) is 104. The maximum Gasteiger partial charge on any atom is 0.0280 e. The van der Waals surface area contributed by atoms with Gasteiger partial charge in [0.05, 0.1) is 0 Å². The van der Waals surface area contributed by atoms with Crippen molar-refractivity contribution in [1.82, 2.24) is 0 Å². The lowest BCUT2D eigenvalue weighted by Crippen LogP contribution is -1.83. The summed E-state index contributed by atoms with van der Waals surface area (Å²) in [7, 11) is 0. The third-order valence-corrected chi connectivity index (χ3v) is 18.9. The number of hydrogen-bond donors (Lipinski definition) is 0. The molecular formula is C144H48. The van der Waals surface area contributed by atoms with Crippen molar-refractivity contribution in [3.63, 3.8) is 0 Å². The first-order valence-electron chi connectivity index (χ1n) is 42.2. The summed E-state index contributed by atoms with van der Waals surface area (Å²) in [4.78, 5) is 0. The highest BCUT2D eigenvalue weighted by atomic mass is 14.1. The van der Waals surface area contributed by atoms with Gasteiger partial charge in [-0.2, -0.15) is 0 Å². The molecule has 0 aromatic heterocycles. The Kier molecular flexibility index (Phi) is 33.6. The number of terminal acetylenes is 12. The second-order valence-electron chi connectivity index (χ2n) is 29.3. The summed E-state index contributed by atoms with van der Waals surface area (Å²) in [6, 6.07) is 138. The van der Waals surface area contributed by atoms with E-state index in [0.717, 1.165) is 0 Å². The first-order chi connectivity index (χ1) is 70.6. The Bertz CT molecular complexity index is 7800. The second-order valence-corrected chi connectivity index (χ2v) is 29.3. The predicted molar refractivity (Wildman–Crippen MR) is 572 cm³/mol. The molecular weight excluding hydrogens is 1730 g/mol. The van der Waals surface area contributed by atoms with Gasteiger partial charge in [0.2, 0.25) is 0 Å². The van der Waals surface area contributed by atoms with Gasteiger partial charge in [-0.1, -0.05) is 215 Å². The number of fused-ring (bicyclic) bond motifs is 12. The predicted octanol–water partition coefficient (Wildman–Crippen LogP) is 20.4. The molecule has 144 heavy (non-hydrogen) atoms. The average Bonchev–Trinajstić information content (AvgIpc) is 0.849. The molecule has 0 atom stereocenters. The summed E-state index contributed by atoms with van der Waals surface area (Å²) in [6.07, 6.45) is 69.0. The van der Waals surface area contributed by atoms with Gasteiger partial charge in [0.25, 0.3) is 0 Å². The Morgan fingerprint density at radius 2 is 0.174 bits per heavy atom. The molecule has 13 rings (SSSR count). The molecule has 13 aromatic carbocycles. The average molecular weight is 1780 g/mol. The lowest BCUT2D eigenvalue weighted by atomic mass is 10.1. The standard InChI is InChI=1S/C144H48/c1-13-109-73-110(14-2)80-121(79-109)49-25-31-55-127-91-133-61-37-39-63-135-93-128(56-32-26-50-122-81-111(15-3)74-112(16-4)82-122)95-137(104-135)65-41-43-67-139-97-130(58-34-28-52-124-85-115(19-7)76-116(20-8)86-124)99-141(106-139)69-45-47-71-143-101-132(60-36-30-54-126-89-119(23-11)78-120(24-12)90-126)102-144(108-143)72-48-46-70-142-100-131(59-35-29-53-125-87-117(21-9)77-118(22-10)88-125)98-140(107-142)68-44-42-66-138-96-129(94-136(105-138)64-40-38-62-134(92-127)103-133)57-33-27-51-123-83-113(17-5)75-114(18-6)84-123/h1-12,73-108H. The van der Waals surface area contributed by atoms with Gasteiger partial charge in [0.1, 0.15) is 0 Å². The van der Waals surface area contributed by atoms with E-state index in [1.54, 1.807) is 218 Å². The molecule has 12 bridgehead atoms. The molecule has 0 saturated carbocycles. The summed E-state index contributed by atoms with van der Waals surface area (Å²) >= 11 is 0. The largest absolute Gasteiger partial charge is 0.115 e. The Labute approximate surface area is 846 Å². The third kappa shape index (κ3) is 30.4. The van der Waals surface area contributed by atoms with Crippen molar-refractivity contribution in [1.29, 1.82) is 0 Å². The molecule has 0 amide bonds. The van der Waals surface area contributed by atoms with Gasteiger partial charge in [-0.25, -0.2) is 0 Å². The SMILES string of the molecule is C#Cc1cc(C#C)cc(C#CC#Cc2cc3c#cc#cc4cc(C#CC#Cc5cc(C#C)cc(C#C)c5)cc(c#cc#cc5cc(C#CC#Cc6cc(C#C)cc(C#C)c6)cc(c#cc#cc6cc(C#CC#Cc7cc(C#C)cc(C#C)c7)cc(c#cc#cc7cc(C#CC#Cc8cc(C#C)cc(C#C)c8)cc(c#cc#cc8cc(C#CC#Cc9cc(C#C)cc(C#C)c9)cc(c#cc#cc(c2)c3)c8)c7)c6)c5)c4)c1. The summed E-state index contributed by atoms with van der Waals surface area (Å²) in [6.45, 7) is 0. The van der Waals surface area contributed by atoms with Crippen molar-refractivity contribution < 1.29 is 0 Å². The van der Waals surface area contributed by atoms with Gasteiger partial charge < -0.3 is 0 Å². The maximum atomic E-state index is 5.75. The molecule has 0 spiro atoms. The normalized spacial score (nSPS) is 8.25. The number of rotatable bonds is 0. The highest BCUT2D eigenvalue weighted by molar-refractivity contribution is 5.76. The lowest BCUT2D eigenvalue weighted by Gasteiger charge is -1.95. The van der Waals surface area contributed by atoms with E-state index in [4.69, 9.17) is 77.1 Å². The van der Waals surface area contributed by atoms with Crippen molar-refractivity contribution in [2.75, 3.05) is 0 Å². The van der Waals surface area contributed by atoms with Crippen LogP contribution in [-0.4, -0.2) is 0 Å². The quantitative estimate of drug-likeness (QED) is 0.133. The highest BCUT2D eigenvalue weighted by Gasteiger charge is 2.04. The summed E-state index contributed by atoms with van der Waals surface area (Å²) in [5.41, 5.74) is 13.6. The zero-order valence-electron chi connectivity index (χ0n) is 75.7. The van der Waals surface area contributed by atoms with Crippen LogP contribution in [0, 0.1) is 436 Å². The van der Waals surface area contributed by atoms with Gasteiger partial charge in [-0.15, -0.1) is 77.1 Å². The van der Waals surface area contributed by atoms with Gasteiger partial charge >= 0.3 is 0 Å². The second kappa shape index (κ2) is 50.3. The van der Waals surface area contributed by atoms with Crippen LogP contribution in [0.5, 0.6) is 0 Å². The van der Waals surface area contributed by atoms with Crippen LogP contribution >= 0.6 is 0 Å². The van der Waals surface area contributed by atoms with E-state index in [1.807, 2.05) is 0 Å². The smallest absolute Gasteiger partial charge is 0.0280 e. The van der Waals surface area contributed by atoms with Crippen LogP contribution in [0.25, 0.3) is 64.6 Å².